The van der Waals surface area contributed by atoms with Gasteiger partial charge in [0.2, 0.25) is 5.91 Å². The lowest BCUT2D eigenvalue weighted by Crippen LogP contribution is -2.25. The van der Waals surface area contributed by atoms with Gasteiger partial charge < -0.3 is 11.1 Å². The summed E-state index contributed by atoms with van der Waals surface area (Å²) in [4.78, 5) is 11.9. The summed E-state index contributed by atoms with van der Waals surface area (Å²) in [5.74, 6) is 0.0375. The molecule has 0 fully saturated rings. The van der Waals surface area contributed by atoms with Gasteiger partial charge in [-0.25, -0.2) is 0 Å². The second-order valence-corrected chi connectivity index (χ2v) is 6.23. The first kappa shape index (κ1) is 20.6. The molecule has 0 saturated heterocycles. The van der Waals surface area contributed by atoms with E-state index in [0.717, 1.165) is 29.7 Å². The van der Waals surface area contributed by atoms with Crippen LogP contribution >= 0.6 is 35.6 Å². The topological polar surface area (TPSA) is 55.1 Å². The molecular formula is C18H21Cl3N2O. The standard InChI is InChI=1S/C18H20Cl2N2O.ClH/c19-15-9-7-13(16(20)12-15)5-3-11-22-18(23)10-8-14-4-1-2-6-17(14)21;/h1-2,4,6-7,9,12H,3,5,8,10-11,21H2,(H,22,23);1H. The highest BCUT2D eigenvalue weighted by atomic mass is 35.5. The van der Waals surface area contributed by atoms with Crippen molar-refractivity contribution in [3.05, 3.63) is 63.6 Å². The number of halogens is 3. The van der Waals surface area contributed by atoms with Crippen LogP contribution in [0.5, 0.6) is 0 Å². The number of aryl methyl sites for hydroxylation is 2. The number of carbonyl (C=O) groups excluding carboxylic acids is 1. The van der Waals surface area contributed by atoms with Crippen molar-refractivity contribution < 1.29 is 4.79 Å². The van der Waals surface area contributed by atoms with Crippen molar-refractivity contribution in [2.75, 3.05) is 12.3 Å². The molecule has 0 atom stereocenters. The average Bonchev–Trinajstić information content (AvgIpc) is 2.52. The Balaban J connectivity index is 0.00000288. The Morgan fingerprint density at radius 2 is 1.79 bits per heavy atom. The molecule has 0 aliphatic rings. The summed E-state index contributed by atoms with van der Waals surface area (Å²) in [6, 6.07) is 13.1. The number of amides is 1. The molecular weight excluding hydrogens is 367 g/mol. The van der Waals surface area contributed by atoms with Crippen LogP contribution in [-0.2, 0) is 17.6 Å². The van der Waals surface area contributed by atoms with Crippen molar-refractivity contribution in [1.29, 1.82) is 0 Å². The van der Waals surface area contributed by atoms with E-state index in [1.54, 1.807) is 6.07 Å². The molecule has 0 aliphatic carbocycles. The largest absolute Gasteiger partial charge is 0.399 e. The van der Waals surface area contributed by atoms with Crippen molar-refractivity contribution in [2.45, 2.75) is 25.7 Å². The first-order chi connectivity index (χ1) is 11.1. The second kappa shape index (κ2) is 10.4. The molecule has 0 heterocycles. The third kappa shape index (κ3) is 6.60. The number of benzene rings is 2. The lowest BCUT2D eigenvalue weighted by atomic mass is 10.1. The van der Waals surface area contributed by atoms with E-state index in [0.29, 0.717) is 29.4 Å². The number of nitrogens with one attached hydrogen (secondary N) is 1. The molecule has 2 aromatic carbocycles. The molecule has 2 rings (SSSR count). The predicted molar refractivity (Wildman–Crippen MR) is 104 cm³/mol. The summed E-state index contributed by atoms with van der Waals surface area (Å²) in [5, 5.41) is 4.23. The fourth-order valence-corrected chi connectivity index (χ4v) is 2.83. The van der Waals surface area contributed by atoms with E-state index in [1.807, 2.05) is 36.4 Å². The van der Waals surface area contributed by atoms with Crippen LogP contribution in [0.3, 0.4) is 0 Å². The average molecular weight is 388 g/mol. The monoisotopic (exact) mass is 386 g/mol. The first-order valence-electron chi connectivity index (χ1n) is 7.60. The highest BCUT2D eigenvalue weighted by molar-refractivity contribution is 6.35. The summed E-state index contributed by atoms with van der Waals surface area (Å²) >= 11 is 12.0. The predicted octanol–water partition coefficient (Wildman–Crippen LogP) is 4.68. The Labute approximate surface area is 158 Å². The van der Waals surface area contributed by atoms with E-state index in [4.69, 9.17) is 28.9 Å². The first-order valence-corrected chi connectivity index (χ1v) is 8.36. The molecule has 0 radical (unpaired) electrons. The zero-order chi connectivity index (χ0) is 16.7. The lowest BCUT2D eigenvalue weighted by Gasteiger charge is -2.08. The summed E-state index contributed by atoms with van der Waals surface area (Å²) in [5.41, 5.74) is 8.65. The van der Waals surface area contributed by atoms with Crippen molar-refractivity contribution >= 4 is 47.2 Å². The van der Waals surface area contributed by atoms with Gasteiger partial charge in [0, 0.05) is 28.7 Å². The van der Waals surface area contributed by atoms with Gasteiger partial charge >= 0.3 is 0 Å². The van der Waals surface area contributed by atoms with Crippen LogP contribution in [-0.4, -0.2) is 12.5 Å². The molecule has 0 aliphatic heterocycles. The molecule has 0 bridgehead atoms. The normalized spacial score (nSPS) is 10.1. The zero-order valence-electron chi connectivity index (χ0n) is 13.2. The summed E-state index contributed by atoms with van der Waals surface area (Å²) in [7, 11) is 0. The minimum atomic E-state index is 0. The molecule has 24 heavy (non-hydrogen) atoms. The van der Waals surface area contributed by atoms with Gasteiger partial charge in [0.25, 0.3) is 0 Å². The minimum Gasteiger partial charge on any atom is -0.399 e. The maximum absolute atomic E-state index is 11.9. The number of para-hydroxylation sites is 1. The van der Waals surface area contributed by atoms with E-state index < -0.39 is 0 Å². The Morgan fingerprint density at radius 1 is 1.04 bits per heavy atom. The number of nitrogens with two attached hydrogens (primary N) is 1. The van der Waals surface area contributed by atoms with E-state index in [2.05, 4.69) is 5.32 Å². The Kier molecular flexibility index (Phi) is 8.98. The quantitative estimate of drug-likeness (QED) is 0.535. The maximum atomic E-state index is 11.9. The molecule has 0 saturated carbocycles. The molecule has 3 nitrogen and oxygen atoms in total. The Bertz CT molecular complexity index is 677. The van der Waals surface area contributed by atoms with Crippen LogP contribution in [0.1, 0.15) is 24.0 Å². The van der Waals surface area contributed by atoms with Crippen molar-refractivity contribution in [1.82, 2.24) is 5.32 Å². The van der Waals surface area contributed by atoms with Gasteiger partial charge in [0.15, 0.2) is 0 Å². The fraction of sp³-hybridized carbons (Fsp3) is 0.278. The maximum Gasteiger partial charge on any atom is 0.220 e. The molecule has 130 valence electrons. The van der Waals surface area contributed by atoms with Crippen molar-refractivity contribution in [3.8, 4) is 0 Å². The second-order valence-electron chi connectivity index (χ2n) is 5.39. The van der Waals surface area contributed by atoms with Gasteiger partial charge in [-0.3, -0.25) is 4.79 Å². The summed E-state index contributed by atoms with van der Waals surface area (Å²) in [6.07, 6.45) is 2.74. The number of carbonyl (C=O) groups is 1. The molecule has 0 spiro atoms. The van der Waals surface area contributed by atoms with Crippen molar-refractivity contribution in [2.24, 2.45) is 0 Å². The van der Waals surface area contributed by atoms with Gasteiger partial charge in [-0.05, 0) is 48.6 Å². The molecule has 3 N–H and O–H groups in total. The number of hydrogen-bond donors (Lipinski definition) is 2. The Morgan fingerprint density at radius 3 is 2.50 bits per heavy atom. The highest BCUT2D eigenvalue weighted by Gasteiger charge is 2.05. The van der Waals surface area contributed by atoms with Crippen LogP contribution in [0.2, 0.25) is 10.0 Å². The zero-order valence-corrected chi connectivity index (χ0v) is 15.6. The molecule has 0 unspecified atom stereocenters. The van der Waals surface area contributed by atoms with E-state index in [1.165, 1.54) is 0 Å². The van der Waals surface area contributed by atoms with Crippen LogP contribution in [0.15, 0.2) is 42.5 Å². The molecule has 2 aromatic rings. The van der Waals surface area contributed by atoms with Gasteiger partial charge in [0.1, 0.15) is 0 Å². The van der Waals surface area contributed by atoms with Gasteiger partial charge in [-0.2, -0.15) is 0 Å². The van der Waals surface area contributed by atoms with Crippen LogP contribution in [0, 0.1) is 0 Å². The van der Waals surface area contributed by atoms with Gasteiger partial charge in [-0.1, -0.05) is 47.5 Å². The Hall–Kier alpha value is -1.42. The smallest absolute Gasteiger partial charge is 0.220 e. The summed E-state index contributed by atoms with van der Waals surface area (Å²) in [6.45, 7) is 0.627. The van der Waals surface area contributed by atoms with Crippen LogP contribution in [0.4, 0.5) is 5.69 Å². The van der Waals surface area contributed by atoms with Gasteiger partial charge in [-0.15, -0.1) is 12.4 Å². The van der Waals surface area contributed by atoms with E-state index in [9.17, 15) is 4.79 Å². The lowest BCUT2D eigenvalue weighted by molar-refractivity contribution is -0.121. The third-order valence-corrected chi connectivity index (χ3v) is 4.22. The number of hydrogen-bond acceptors (Lipinski definition) is 2. The van der Waals surface area contributed by atoms with Gasteiger partial charge in [0.05, 0.1) is 0 Å². The van der Waals surface area contributed by atoms with E-state index >= 15 is 0 Å². The third-order valence-electron chi connectivity index (χ3n) is 3.64. The van der Waals surface area contributed by atoms with Crippen LogP contribution < -0.4 is 11.1 Å². The molecule has 1 amide bonds. The highest BCUT2D eigenvalue weighted by Crippen LogP contribution is 2.21. The number of anilines is 1. The van der Waals surface area contributed by atoms with Crippen LogP contribution in [0.25, 0.3) is 0 Å². The summed E-state index contributed by atoms with van der Waals surface area (Å²) < 4.78 is 0. The number of nitrogen functional groups attached to an aromatic ring is 1. The SMILES string of the molecule is Cl.Nc1ccccc1CCC(=O)NCCCc1ccc(Cl)cc1Cl. The van der Waals surface area contributed by atoms with E-state index in [-0.39, 0.29) is 18.3 Å². The fourth-order valence-electron chi connectivity index (χ4n) is 2.33. The minimum absolute atomic E-state index is 0. The van der Waals surface area contributed by atoms with Crippen molar-refractivity contribution in [3.63, 3.8) is 0 Å². The molecule has 6 heteroatoms. The number of rotatable bonds is 7. The molecule has 0 aromatic heterocycles.